The van der Waals surface area contributed by atoms with Crippen LogP contribution in [0.5, 0.6) is 0 Å². The fourth-order valence-electron chi connectivity index (χ4n) is 3.60. The highest BCUT2D eigenvalue weighted by molar-refractivity contribution is 5.69. The summed E-state index contributed by atoms with van der Waals surface area (Å²) >= 11 is 0. The lowest BCUT2D eigenvalue weighted by Gasteiger charge is -2.35. The Morgan fingerprint density at radius 3 is 2.62 bits per heavy atom. The molecule has 4 rings (SSSR count). The van der Waals surface area contributed by atoms with Crippen LogP contribution in [0.25, 0.3) is 11.3 Å². The molecule has 2 aromatic rings. The van der Waals surface area contributed by atoms with Gasteiger partial charge in [-0.1, -0.05) is 12.1 Å². The van der Waals surface area contributed by atoms with Crippen LogP contribution in [0.4, 0.5) is 10.2 Å². The number of halogens is 1. The monoisotopic (exact) mass is 329 g/mol. The van der Waals surface area contributed by atoms with E-state index in [4.69, 9.17) is 15.2 Å². The average Bonchev–Trinajstić information content (AvgIpc) is 3.04. The number of aromatic nitrogens is 2. The van der Waals surface area contributed by atoms with Gasteiger partial charge in [-0.15, -0.1) is 0 Å². The van der Waals surface area contributed by atoms with E-state index in [9.17, 15) is 4.39 Å². The van der Waals surface area contributed by atoms with Crippen molar-refractivity contribution in [1.82, 2.24) is 9.97 Å². The first-order chi connectivity index (χ1) is 11.7. The maximum atomic E-state index is 13.5. The lowest BCUT2D eigenvalue weighted by Crippen LogP contribution is -2.34. The number of hydrogen-bond donors (Lipinski definition) is 1. The highest BCUT2D eigenvalue weighted by Gasteiger charge is 2.41. The predicted molar refractivity (Wildman–Crippen MR) is 87.7 cm³/mol. The minimum Gasteiger partial charge on any atom is -0.382 e. The second kappa shape index (κ2) is 6.11. The molecule has 1 saturated carbocycles. The first-order valence-electron chi connectivity index (χ1n) is 8.31. The van der Waals surface area contributed by atoms with Crippen LogP contribution in [0.2, 0.25) is 0 Å². The Bertz CT molecular complexity index is 737. The largest absolute Gasteiger partial charge is 0.382 e. The number of rotatable bonds is 2. The molecule has 1 aromatic carbocycles. The van der Waals surface area contributed by atoms with E-state index >= 15 is 0 Å². The van der Waals surface area contributed by atoms with E-state index in [1.54, 1.807) is 18.3 Å². The number of nitrogen functional groups attached to an aromatic ring is 1. The van der Waals surface area contributed by atoms with Gasteiger partial charge in [0, 0.05) is 24.3 Å². The van der Waals surface area contributed by atoms with Gasteiger partial charge in [-0.3, -0.25) is 0 Å². The summed E-state index contributed by atoms with van der Waals surface area (Å²) in [5.41, 5.74) is 8.05. The molecule has 1 spiro atoms. The van der Waals surface area contributed by atoms with E-state index in [0.29, 0.717) is 36.2 Å². The number of hydrogen-bond acceptors (Lipinski definition) is 5. The van der Waals surface area contributed by atoms with Crippen LogP contribution in [-0.4, -0.2) is 29.0 Å². The van der Waals surface area contributed by atoms with Gasteiger partial charge < -0.3 is 15.2 Å². The van der Waals surface area contributed by atoms with Crippen LogP contribution in [0.3, 0.4) is 0 Å². The quantitative estimate of drug-likeness (QED) is 0.916. The Hall–Kier alpha value is -2.05. The van der Waals surface area contributed by atoms with Gasteiger partial charge in [-0.25, -0.2) is 14.4 Å². The van der Waals surface area contributed by atoms with E-state index in [-0.39, 0.29) is 11.6 Å². The molecule has 2 heterocycles. The van der Waals surface area contributed by atoms with Crippen LogP contribution >= 0.6 is 0 Å². The van der Waals surface area contributed by atoms with Gasteiger partial charge in [0.25, 0.3) is 0 Å². The molecular weight excluding hydrogens is 309 g/mol. The third kappa shape index (κ3) is 2.87. The van der Waals surface area contributed by atoms with E-state index in [2.05, 4.69) is 9.97 Å². The normalized spacial score (nSPS) is 20.5. The fourth-order valence-corrected chi connectivity index (χ4v) is 3.60. The molecule has 2 aliphatic rings. The van der Waals surface area contributed by atoms with E-state index < -0.39 is 0 Å². The van der Waals surface area contributed by atoms with Crippen LogP contribution in [0.1, 0.15) is 37.3 Å². The summed E-state index contributed by atoms with van der Waals surface area (Å²) < 4.78 is 25.0. The standard InChI is InChI=1S/C18H20FN3O2/c19-14-3-1-2-13(10-14)16-17(20)21-11-15(22-16)12-4-6-18(7-5-12)23-8-9-24-18/h1-3,10-12H,4-9H2,(H2,20,21). The SMILES string of the molecule is Nc1ncc(C2CCC3(CC2)OCCO3)nc1-c1cccc(F)c1. The summed E-state index contributed by atoms with van der Waals surface area (Å²) in [7, 11) is 0. The summed E-state index contributed by atoms with van der Waals surface area (Å²) in [5.74, 6) is -0.0829. The molecule has 5 nitrogen and oxygen atoms in total. The molecule has 126 valence electrons. The Balaban J connectivity index is 1.57. The summed E-state index contributed by atoms with van der Waals surface area (Å²) in [6, 6.07) is 6.28. The topological polar surface area (TPSA) is 70.3 Å². The highest BCUT2D eigenvalue weighted by Crippen LogP contribution is 2.42. The second-order valence-electron chi connectivity index (χ2n) is 6.42. The molecule has 0 bridgehead atoms. The molecule has 0 radical (unpaired) electrons. The van der Waals surface area contributed by atoms with Crippen molar-refractivity contribution >= 4 is 5.82 Å². The third-order valence-electron chi connectivity index (χ3n) is 4.90. The van der Waals surface area contributed by atoms with Crippen LogP contribution in [0, 0.1) is 5.82 Å². The third-order valence-corrected chi connectivity index (χ3v) is 4.90. The Morgan fingerprint density at radius 2 is 1.92 bits per heavy atom. The lowest BCUT2D eigenvalue weighted by atomic mass is 9.83. The highest BCUT2D eigenvalue weighted by atomic mass is 19.1. The van der Waals surface area contributed by atoms with Gasteiger partial charge in [-0.2, -0.15) is 0 Å². The van der Waals surface area contributed by atoms with Crippen molar-refractivity contribution < 1.29 is 13.9 Å². The molecule has 2 fully saturated rings. The summed E-state index contributed by atoms with van der Waals surface area (Å²) in [6.07, 6.45) is 5.32. The van der Waals surface area contributed by atoms with Crippen LogP contribution in [-0.2, 0) is 9.47 Å². The number of benzene rings is 1. The van der Waals surface area contributed by atoms with Gasteiger partial charge >= 0.3 is 0 Å². The summed E-state index contributed by atoms with van der Waals surface area (Å²) in [6.45, 7) is 1.35. The minimum atomic E-state index is -0.386. The number of nitrogens with two attached hydrogens (primary N) is 1. The van der Waals surface area contributed by atoms with Crippen molar-refractivity contribution in [1.29, 1.82) is 0 Å². The zero-order valence-electron chi connectivity index (χ0n) is 13.4. The molecular formula is C18H20FN3O2. The number of anilines is 1. The molecule has 2 N–H and O–H groups in total. The maximum absolute atomic E-state index is 13.5. The second-order valence-corrected chi connectivity index (χ2v) is 6.42. The molecule has 1 aromatic heterocycles. The first kappa shape index (κ1) is 15.5. The van der Waals surface area contributed by atoms with Gasteiger partial charge in [-0.05, 0) is 25.0 Å². The van der Waals surface area contributed by atoms with Gasteiger partial charge in [0.2, 0.25) is 0 Å². The number of nitrogens with zero attached hydrogens (tertiary/aromatic N) is 2. The van der Waals surface area contributed by atoms with Crippen molar-refractivity contribution in [3.05, 3.63) is 42.0 Å². The van der Waals surface area contributed by atoms with Crippen LogP contribution < -0.4 is 5.73 Å². The first-order valence-corrected chi connectivity index (χ1v) is 8.31. The van der Waals surface area contributed by atoms with Crippen LogP contribution in [0.15, 0.2) is 30.5 Å². The fraction of sp³-hybridized carbons (Fsp3) is 0.444. The Kier molecular flexibility index (Phi) is 3.94. The molecule has 0 atom stereocenters. The van der Waals surface area contributed by atoms with Crippen molar-refractivity contribution in [2.45, 2.75) is 37.4 Å². The molecule has 1 aliphatic heterocycles. The van der Waals surface area contributed by atoms with E-state index in [1.807, 2.05) is 0 Å². The van der Waals surface area contributed by atoms with Gasteiger partial charge in [0.05, 0.1) is 25.1 Å². The Morgan fingerprint density at radius 1 is 1.17 bits per heavy atom. The van der Waals surface area contributed by atoms with E-state index in [0.717, 1.165) is 31.4 Å². The average molecular weight is 329 g/mol. The van der Waals surface area contributed by atoms with Gasteiger partial charge in [0.1, 0.15) is 17.3 Å². The molecule has 6 heteroatoms. The van der Waals surface area contributed by atoms with Crippen molar-refractivity contribution in [3.8, 4) is 11.3 Å². The lowest BCUT2D eigenvalue weighted by molar-refractivity contribution is -0.178. The zero-order valence-corrected chi connectivity index (χ0v) is 13.4. The van der Waals surface area contributed by atoms with Crippen molar-refractivity contribution in [2.75, 3.05) is 18.9 Å². The predicted octanol–water partition coefficient (Wildman–Crippen LogP) is 3.27. The summed E-state index contributed by atoms with van der Waals surface area (Å²) in [5, 5.41) is 0. The maximum Gasteiger partial charge on any atom is 0.168 e. The van der Waals surface area contributed by atoms with Crippen molar-refractivity contribution in [2.24, 2.45) is 0 Å². The number of ether oxygens (including phenoxy) is 2. The van der Waals surface area contributed by atoms with E-state index in [1.165, 1.54) is 12.1 Å². The molecule has 0 amide bonds. The zero-order chi connectivity index (χ0) is 16.6. The molecule has 0 unspecified atom stereocenters. The summed E-state index contributed by atoms with van der Waals surface area (Å²) in [4.78, 5) is 8.97. The molecule has 1 aliphatic carbocycles. The van der Waals surface area contributed by atoms with Gasteiger partial charge in [0.15, 0.2) is 5.79 Å². The van der Waals surface area contributed by atoms with Crippen molar-refractivity contribution in [3.63, 3.8) is 0 Å². The minimum absolute atomic E-state index is 0.295. The smallest absolute Gasteiger partial charge is 0.168 e. The molecule has 24 heavy (non-hydrogen) atoms. The Labute approximate surface area is 140 Å². The molecule has 1 saturated heterocycles.